The van der Waals surface area contributed by atoms with Crippen LogP contribution < -0.4 is 0 Å². The van der Waals surface area contributed by atoms with E-state index in [9.17, 15) is 14.4 Å². The smallest absolute Gasteiger partial charge is 0.325 e. The molecule has 7 nitrogen and oxygen atoms in total. The number of methoxy groups -OCH3 is 1. The molecule has 0 aliphatic carbocycles. The highest BCUT2D eigenvalue weighted by Crippen LogP contribution is 2.17. The van der Waals surface area contributed by atoms with E-state index in [2.05, 4.69) is 9.72 Å². The molecule has 0 aromatic carbocycles. The zero-order valence-corrected chi connectivity index (χ0v) is 13.8. The van der Waals surface area contributed by atoms with Crippen molar-refractivity contribution in [3.8, 4) is 0 Å². The van der Waals surface area contributed by atoms with Crippen LogP contribution >= 0.6 is 0 Å². The Balaban J connectivity index is 1.96. The highest BCUT2D eigenvalue weighted by molar-refractivity contribution is 5.97. The summed E-state index contributed by atoms with van der Waals surface area (Å²) >= 11 is 0. The quantitative estimate of drug-likeness (QED) is 0.551. The first-order valence-corrected chi connectivity index (χ1v) is 7.99. The first-order chi connectivity index (χ1) is 11.6. The van der Waals surface area contributed by atoms with Crippen LogP contribution in [-0.4, -0.2) is 60.5 Å². The topological polar surface area (TPSA) is 85.8 Å². The van der Waals surface area contributed by atoms with E-state index in [4.69, 9.17) is 4.74 Å². The number of carbonyl (C=O) groups excluding carboxylic acids is 3. The molecule has 24 heavy (non-hydrogen) atoms. The normalized spacial score (nSPS) is 14.9. The molecule has 130 valence electrons. The average molecular weight is 334 g/mol. The Morgan fingerprint density at radius 1 is 1.29 bits per heavy atom. The van der Waals surface area contributed by atoms with Crippen LogP contribution in [0.3, 0.4) is 0 Å². The molecule has 0 atom stereocenters. The molecule has 1 amide bonds. The first-order valence-electron chi connectivity index (χ1n) is 7.99. The van der Waals surface area contributed by atoms with Gasteiger partial charge >= 0.3 is 5.97 Å². The molecule has 1 saturated heterocycles. The molecule has 1 aromatic rings. The summed E-state index contributed by atoms with van der Waals surface area (Å²) in [5, 5.41) is 0. The van der Waals surface area contributed by atoms with Crippen LogP contribution in [0.5, 0.6) is 0 Å². The van der Waals surface area contributed by atoms with Gasteiger partial charge in [-0.05, 0) is 25.0 Å². The number of ether oxygens (including phenoxy) is 2. The van der Waals surface area contributed by atoms with Crippen LogP contribution in [0, 0.1) is 0 Å². The van der Waals surface area contributed by atoms with Gasteiger partial charge in [0.1, 0.15) is 6.54 Å². The molecule has 0 saturated carbocycles. The van der Waals surface area contributed by atoms with Gasteiger partial charge in [0.25, 0.3) is 0 Å². The average Bonchev–Trinajstić information content (AvgIpc) is 2.65. The van der Waals surface area contributed by atoms with E-state index in [1.54, 1.807) is 18.3 Å². The largest absolute Gasteiger partial charge is 0.468 e. The molecule has 0 N–H and O–H groups in total. The van der Waals surface area contributed by atoms with Crippen molar-refractivity contribution in [1.29, 1.82) is 0 Å². The lowest BCUT2D eigenvalue weighted by Crippen LogP contribution is -2.46. The summed E-state index contributed by atoms with van der Waals surface area (Å²) < 4.78 is 9.98. The fraction of sp³-hybridized carbons (Fsp3) is 0.529. The number of nitrogens with zero attached hydrogens (tertiary/aromatic N) is 2. The standard InChI is InChI=1S/C17H22N2O5/c1-23-17(22)12-19(14-6-9-24-10-7-14)16(21)5-4-15(20)13-3-2-8-18-11-13/h2-3,8,11,14H,4-7,9-10,12H2,1H3. The summed E-state index contributed by atoms with van der Waals surface area (Å²) in [5.74, 6) is -0.820. The Morgan fingerprint density at radius 2 is 2.04 bits per heavy atom. The third kappa shape index (κ3) is 5.13. The number of pyridine rings is 1. The summed E-state index contributed by atoms with van der Waals surface area (Å²) in [6, 6.07) is 3.30. The maximum absolute atomic E-state index is 12.5. The van der Waals surface area contributed by atoms with Gasteiger partial charge in [-0.1, -0.05) is 0 Å². The van der Waals surface area contributed by atoms with Gasteiger partial charge < -0.3 is 14.4 Å². The van der Waals surface area contributed by atoms with E-state index in [-0.39, 0.29) is 37.1 Å². The molecule has 2 heterocycles. The number of esters is 1. The van der Waals surface area contributed by atoms with Crippen LogP contribution in [-0.2, 0) is 19.1 Å². The minimum atomic E-state index is -0.464. The van der Waals surface area contributed by atoms with Crippen molar-refractivity contribution >= 4 is 17.7 Å². The predicted molar refractivity (Wildman–Crippen MR) is 85.4 cm³/mol. The molecule has 0 unspecified atom stereocenters. The molecule has 1 aromatic heterocycles. The fourth-order valence-electron chi connectivity index (χ4n) is 2.66. The zero-order chi connectivity index (χ0) is 17.4. The molecule has 1 aliphatic rings. The minimum absolute atomic E-state index is 0.0566. The fourth-order valence-corrected chi connectivity index (χ4v) is 2.66. The highest BCUT2D eigenvalue weighted by atomic mass is 16.5. The lowest BCUT2D eigenvalue weighted by Gasteiger charge is -2.33. The molecule has 2 rings (SSSR count). The number of amides is 1. The third-order valence-electron chi connectivity index (χ3n) is 4.03. The maximum atomic E-state index is 12.5. The maximum Gasteiger partial charge on any atom is 0.325 e. The summed E-state index contributed by atoms with van der Waals surface area (Å²) in [5.41, 5.74) is 0.482. The Kier molecular flexibility index (Phi) is 6.87. The molecule has 1 fully saturated rings. The van der Waals surface area contributed by atoms with Crippen molar-refractivity contribution < 1.29 is 23.9 Å². The summed E-state index contributed by atoms with van der Waals surface area (Å²) in [4.78, 5) is 41.7. The SMILES string of the molecule is COC(=O)CN(C(=O)CCC(=O)c1cccnc1)C1CCOCC1. The molecular weight excluding hydrogens is 312 g/mol. The van der Waals surface area contributed by atoms with E-state index < -0.39 is 5.97 Å². The third-order valence-corrected chi connectivity index (χ3v) is 4.03. The molecule has 0 bridgehead atoms. The van der Waals surface area contributed by atoms with Gasteiger partial charge in [0.15, 0.2) is 5.78 Å². The molecular formula is C17H22N2O5. The van der Waals surface area contributed by atoms with Gasteiger partial charge in [-0.3, -0.25) is 19.4 Å². The second-order valence-electron chi connectivity index (χ2n) is 5.61. The van der Waals surface area contributed by atoms with Crippen LogP contribution in [0.15, 0.2) is 24.5 Å². The van der Waals surface area contributed by atoms with Crippen molar-refractivity contribution in [2.24, 2.45) is 0 Å². The zero-order valence-electron chi connectivity index (χ0n) is 13.8. The summed E-state index contributed by atoms with van der Waals surface area (Å²) in [6.45, 7) is 1.02. The second-order valence-corrected chi connectivity index (χ2v) is 5.61. The number of rotatable bonds is 7. The van der Waals surface area contributed by atoms with Crippen molar-refractivity contribution in [2.75, 3.05) is 26.9 Å². The Morgan fingerprint density at radius 3 is 2.67 bits per heavy atom. The molecule has 0 spiro atoms. The van der Waals surface area contributed by atoms with Crippen LogP contribution in [0.4, 0.5) is 0 Å². The van der Waals surface area contributed by atoms with Crippen molar-refractivity contribution in [1.82, 2.24) is 9.88 Å². The van der Waals surface area contributed by atoms with E-state index in [0.29, 0.717) is 31.6 Å². The predicted octanol–water partition coefficient (Wildman–Crippen LogP) is 1.23. The number of hydrogen-bond acceptors (Lipinski definition) is 6. The Labute approximate surface area is 140 Å². The van der Waals surface area contributed by atoms with Crippen LogP contribution in [0.1, 0.15) is 36.0 Å². The van der Waals surface area contributed by atoms with Crippen molar-refractivity contribution in [2.45, 2.75) is 31.7 Å². The first kappa shape index (κ1) is 18.1. The number of carbonyl (C=O) groups is 3. The highest BCUT2D eigenvalue weighted by Gasteiger charge is 2.28. The van der Waals surface area contributed by atoms with Gasteiger partial charge in [0.2, 0.25) is 5.91 Å². The van der Waals surface area contributed by atoms with Gasteiger partial charge in [-0.2, -0.15) is 0 Å². The van der Waals surface area contributed by atoms with E-state index >= 15 is 0 Å². The molecule has 7 heteroatoms. The van der Waals surface area contributed by atoms with E-state index in [1.807, 2.05) is 0 Å². The van der Waals surface area contributed by atoms with E-state index in [1.165, 1.54) is 18.2 Å². The Hall–Kier alpha value is -2.28. The number of ketones is 1. The van der Waals surface area contributed by atoms with Gasteiger partial charge in [-0.25, -0.2) is 0 Å². The summed E-state index contributed by atoms with van der Waals surface area (Å²) in [7, 11) is 1.29. The molecule has 0 radical (unpaired) electrons. The lowest BCUT2D eigenvalue weighted by atomic mass is 10.0. The van der Waals surface area contributed by atoms with Crippen molar-refractivity contribution in [3.05, 3.63) is 30.1 Å². The van der Waals surface area contributed by atoms with Crippen molar-refractivity contribution in [3.63, 3.8) is 0 Å². The number of aromatic nitrogens is 1. The monoisotopic (exact) mass is 334 g/mol. The lowest BCUT2D eigenvalue weighted by molar-refractivity contribution is -0.149. The minimum Gasteiger partial charge on any atom is -0.468 e. The second kappa shape index (κ2) is 9.12. The summed E-state index contributed by atoms with van der Waals surface area (Å²) in [6.07, 6.45) is 4.58. The Bertz CT molecular complexity index is 570. The number of hydrogen-bond donors (Lipinski definition) is 0. The van der Waals surface area contributed by atoms with E-state index in [0.717, 1.165) is 0 Å². The number of Topliss-reactive ketones (excluding diaryl/α,β-unsaturated/α-hetero) is 1. The van der Waals surface area contributed by atoms with Gasteiger partial charge in [0.05, 0.1) is 7.11 Å². The van der Waals surface area contributed by atoms with Gasteiger partial charge in [-0.15, -0.1) is 0 Å². The van der Waals surface area contributed by atoms with Crippen LogP contribution in [0.25, 0.3) is 0 Å². The van der Waals surface area contributed by atoms with Gasteiger partial charge in [0, 0.05) is 50.1 Å². The molecule has 1 aliphatic heterocycles. The van der Waals surface area contributed by atoms with Crippen LogP contribution in [0.2, 0.25) is 0 Å².